The summed E-state index contributed by atoms with van der Waals surface area (Å²) in [4.78, 5) is 12.8. The summed E-state index contributed by atoms with van der Waals surface area (Å²) in [5.41, 5.74) is 0.815. The summed E-state index contributed by atoms with van der Waals surface area (Å²) in [7, 11) is -2.53. The average Bonchev–Trinajstić information content (AvgIpc) is 3.54. The van der Waals surface area contributed by atoms with E-state index in [1.54, 1.807) is 0 Å². The lowest BCUT2D eigenvalue weighted by atomic mass is 10.1. The maximum atomic E-state index is 12.8. The molecular weight excluding hydrogens is 384 g/mol. The molecule has 4 rings (SSSR count). The summed E-state index contributed by atoms with van der Waals surface area (Å²) in [6.45, 7) is 7.51. The van der Waals surface area contributed by atoms with Crippen molar-refractivity contribution in [2.24, 2.45) is 11.8 Å². The average molecular weight is 415 g/mol. The number of Topliss-reactive ketones (excluding diaryl/α,β-unsaturated/α-hetero) is 1. The van der Waals surface area contributed by atoms with Crippen molar-refractivity contribution < 1.29 is 9.22 Å². The van der Waals surface area contributed by atoms with Crippen LogP contribution in [0.3, 0.4) is 0 Å². The van der Waals surface area contributed by atoms with Gasteiger partial charge in [-0.15, -0.1) is 0 Å². The molecule has 1 aliphatic carbocycles. The van der Waals surface area contributed by atoms with Gasteiger partial charge < -0.3 is 4.43 Å². The van der Waals surface area contributed by atoms with Gasteiger partial charge >= 0.3 is 0 Å². The zero-order valence-electron chi connectivity index (χ0n) is 18.0. The van der Waals surface area contributed by atoms with E-state index in [0.29, 0.717) is 12.5 Å². The summed E-state index contributed by atoms with van der Waals surface area (Å²) in [6, 6.07) is 31.0. The summed E-state index contributed by atoms with van der Waals surface area (Å²) in [6.07, 6.45) is 0.923. The second kappa shape index (κ2) is 8.33. The second-order valence-corrected chi connectivity index (χ2v) is 13.6. The highest BCUT2D eigenvalue weighted by atomic mass is 28.4. The van der Waals surface area contributed by atoms with Gasteiger partial charge in [-0.05, 0) is 27.8 Å². The van der Waals surface area contributed by atoms with Crippen molar-refractivity contribution in [2.75, 3.05) is 6.61 Å². The number of carbonyl (C=O) groups excluding carboxylic acids is 1. The molecule has 0 heterocycles. The van der Waals surface area contributed by atoms with Crippen molar-refractivity contribution in [3.05, 3.63) is 96.6 Å². The smallest absolute Gasteiger partial charge is 0.261 e. The van der Waals surface area contributed by atoms with Crippen LogP contribution in [0.25, 0.3) is 0 Å². The van der Waals surface area contributed by atoms with Crippen molar-refractivity contribution >= 4 is 24.5 Å². The van der Waals surface area contributed by atoms with Crippen molar-refractivity contribution in [3.8, 4) is 0 Å². The summed E-state index contributed by atoms with van der Waals surface area (Å²) < 4.78 is 6.99. The molecule has 3 aromatic rings. The number of ketones is 1. The third-order valence-electron chi connectivity index (χ3n) is 6.25. The Balaban J connectivity index is 1.61. The van der Waals surface area contributed by atoms with Crippen LogP contribution in [0.1, 0.15) is 37.6 Å². The third kappa shape index (κ3) is 3.92. The van der Waals surface area contributed by atoms with Gasteiger partial charge in [0, 0.05) is 18.1 Å². The number of benzene rings is 3. The Morgan fingerprint density at radius 3 is 1.77 bits per heavy atom. The van der Waals surface area contributed by atoms with Gasteiger partial charge in [-0.3, -0.25) is 4.79 Å². The van der Waals surface area contributed by atoms with Crippen LogP contribution in [0.2, 0.25) is 5.04 Å². The molecule has 1 saturated carbocycles. The first kappa shape index (κ1) is 20.8. The predicted octanol–water partition coefficient (Wildman–Crippen LogP) is 5.08. The molecular formula is C27H30O2Si. The second-order valence-electron chi connectivity index (χ2n) is 9.31. The highest BCUT2D eigenvalue weighted by molar-refractivity contribution is 6.99. The molecule has 3 aromatic carbocycles. The third-order valence-corrected chi connectivity index (χ3v) is 11.3. The fourth-order valence-electron chi connectivity index (χ4n) is 4.56. The molecule has 0 aromatic heterocycles. The van der Waals surface area contributed by atoms with Gasteiger partial charge in [0.1, 0.15) is 0 Å². The first-order valence-electron chi connectivity index (χ1n) is 10.8. The molecule has 0 amide bonds. The fourth-order valence-corrected chi connectivity index (χ4v) is 9.18. The summed E-state index contributed by atoms with van der Waals surface area (Å²) >= 11 is 0. The van der Waals surface area contributed by atoms with Crippen LogP contribution in [-0.2, 0) is 4.43 Å². The molecule has 1 fully saturated rings. The Bertz CT molecular complexity index is 938. The molecule has 0 spiro atoms. The summed E-state index contributed by atoms with van der Waals surface area (Å²) in [5.74, 6) is 0.650. The standard InChI is InChI=1S/C27H30O2Si/c1-27(2,3)30(23-15-9-5-10-16-23,24-17-11-6-12-18-24)29-20-22-19-25(22)26(28)21-13-7-4-8-14-21/h4-18,22,25H,19-20H2,1-3H3/t22-,25+/m1/s1. The van der Waals surface area contributed by atoms with E-state index in [-0.39, 0.29) is 16.7 Å². The molecule has 0 N–H and O–H groups in total. The van der Waals surface area contributed by atoms with Gasteiger partial charge in [-0.25, -0.2) is 0 Å². The van der Waals surface area contributed by atoms with Gasteiger partial charge in [-0.1, -0.05) is 112 Å². The molecule has 0 saturated heterocycles. The summed E-state index contributed by atoms with van der Waals surface area (Å²) in [5, 5.41) is 2.54. The maximum Gasteiger partial charge on any atom is 0.261 e. The quantitative estimate of drug-likeness (QED) is 0.398. The van der Waals surface area contributed by atoms with Crippen LogP contribution in [0.5, 0.6) is 0 Å². The first-order valence-corrected chi connectivity index (χ1v) is 12.7. The van der Waals surface area contributed by atoms with E-state index in [1.807, 2.05) is 30.3 Å². The molecule has 0 bridgehead atoms. The lowest BCUT2D eigenvalue weighted by molar-refractivity contribution is 0.0955. The monoisotopic (exact) mass is 414 g/mol. The van der Waals surface area contributed by atoms with E-state index in [9.17, 15) is 4.79 Å². The van der Waals surface area contributed by atoms with Crippen molar-refractivity contribution in [1.29, 1.82) is 0 Å². The normalized spacial score (nSPS) is 18.8. The molecule has 2 nitrogen and oxygen atoms in total. The van der Waals surface area contributed by atoms with Crippen LogP contribution in [0.4, 0.5) is 0 Å². The van der Waals surface area contributed by atoms with Crippen molar-refractivity contribution in [1.82, 2.24) is 0 Å². The highest BCUT2D eigenvalue weighted by Gasteiger charge is 2.52. The van der Waals surface area contributed by atoms with Gasteiger partial charge in [0.2, 0.25) is 0 Å². The van der Waals surface area contributed by atoms with E-state index >= 15 is 0 Å². The molecule has 1 aliphatic rings. The minimum atomic E-state index is -2.53. The number of carbonyl (C=O) groups is 1. The van der Waals surface area contributed by atoms with Crippen LogP contribution in [0, 0.1) is 11.8 Å². The molecule has 30 heavy (non-hydrogen) atoms. The predicted molar refractivity (Wildman–Crippen MR) is 126 cm³/mol. The lowest BCUT2D eigenvalue weighted by Crippen LogP contribution is -2.66. The topological polar surface area (TPSA) is 26.3 Å². The number of hydrogen-bond donors (Lipinski definition) is 0. The van der Waals surface area contributed by atoms with E-state index in [1.165, 1.54) is 10.4 Å². The van der Waals surface area contributed by atoms with Gasteiger partial charge in [0.15, 0.2) is 5.78 Å². The SMILES string of the molecule is CC(C)(C)[Si](OC[C@H]1C[C@@H]1C(=O)c1ccccc1)(c1ccccc1)c1ccccc1. The Morgan fingerprint density at radius 2 is 1.30 bits per heavy atom. The maximum absolute atomic E-state index is 12.8. The lowest BCUT2D eigenvalue weighted by Gasteiger charge is -2.43. The van der Waals surface area contributed by atoms with E-state index < -0.39 is 8.32 Å². The number of hydrogen-bond acceptors (Lipinski definition) is 2. The first-order chi connectivity index (χ1) is 14.4. The molecule has 154 valence electrons. The van der Waals surface area contributed by atoms with Crippen molar-refractivity contribution in [3.63, 3.8) is 0 Å². The van der Waals surface area contributed by atoms with Crippen LogP contribution < -0.4 is 10.4 Å². The van der Waals surface area contributed by atoms with Gasteiger partial charge in [-0.2, -0.15) is 0 Å². The van der Waals surface area contributed by atoms with Crippen LogP contribution in [-0.4, -0.2) is 20.7 Å². The Labute approximate surface area is 181 Å². The molecule has 3 heteroatoms. The van der Waals surface area contributed by atoms with E-state index in [0.717, 1.165) is 12.0 Å². The van der Waals surface area contributed by atoms with Crippen LogP contribution >= 0.6 is 0 Å². The Kier molecular flexibility index (Phi) is 5.76. The highest BCUT2D eigenvalue weighted by Crippen LogP contribution is 2.44. The largest absolute Gasteiger partial charge is 0.407 e. The van der Waals surface area contributed by atoms with Gasteiger partial charge in [0.25, 0.3) is 8.32 Å². The van der Waals surface area contributed by atoms with Crippen LogP contribution in [0.15, 0.2) is 91.0 Å². The minimum Gasteiger partial charge on any atom is -0.407 e. The minimum absolute atomic E-state index is 0.0382. The Hall–Kier alpha value is -2.49. The van der Waals surface area contributed by atoms with Gasteiger partial charge in [0.05, 0.1) is 0 Å². The molecule has 0 aliphatic heterocycles. The van der Waals surface area contributed by atoms with E-state index in [2.05, 4.69) is 81.4 Å². The Morgan fingerprint density at radius 1 is 0.833 bits per heavy atom. The van der Waals surface area contributed by atoms with E-state index in [4.69, 9.17) is 4.43 Å². The zero-order chi connectivity index (χ0) is 21.2. The van der Waals surface area contributed by atoms with Crippen molar-refractivity contribution in [2.45, 2.75) is 32.2 Å². The molecule has 2 atom stereocenters. The number of rotatable bonds is 7. The fraction of sp³-hybridized carbons (Fsp3) is 0.296. The molecule has 0 radical (unpaired) electrons. The molecule has 0 unspecified atom stereocenters. The zero-order valence-corrected chi connectivity index (χ0v) is 19.0.